The lowest BCUT2D eigenvalue weighted by atomic mass is 10.1. The van der Waals surface area contributed by atoms with Gasteiger partial charge >= 0.3 is 0 Å². The van der Waals surface area contributed by atoms with E-state index in [2.05, 4.69) is 10.3 Å². The highest BCUT2D eigenvalue weighted by molar-refractivity contribution is 5.80. The van der Waals surface area contributed by atoms with Gasteiger partial charge in [-0.1, -0.05) is 30.3 Å². The number of hydrogen-bond donors (Lipinski definition) is 1. The molecule has 1 aromatic heterocycles. The number of hydrogen-bond acceptors (Lipinski definition) is 4. The molecular formula is C17H15N3O2. The third kappa shape index (κ3) is 1.86. The van der Waals surface area contributed by atoms with Crippen LogP contribution >= 0.6 is 0 Å². The van der Waals surface area contributed by atoms with E-state index < -0.39 is 0 Å². The Bertz CT molecular complexity index is 903. The summed E-state index contributed by atoms with van der Waals surface area (Å²) < 4.78 is 6.94. The van der Waals surface area contributed by atoms with Crippen LogP contribution in [0.3, 0.4) is 0 Å². The second kappa shape index (κ2) is 4.87. The molecule has 4 rings (SSSR count). The molecule has 0 saturated carbocycles. The first kappa shape index (κ1) is 12.9. The first-order valence-corrected chi connectivity index (χ1v) is 7.17. The number of ether oxygens (including phenoxy) is 1. The largest absolute Gasteiger partial charge is 0.497 e. The van der Waals surface area contributed by atoms with Crippen LogP contribution in [0.1, 0.15) is 11.6 Å². The van der Waals surface area contributed by atoms with Crippen LogP contribution in [0.5, 0.6) is 5.75 Å². The molecule has 5 nitrogen and oxygen atoms in total. The van der Waals surface area contributed by atoms with E-state index in [0.29, 0.717) is 29.1 Å². The number of benzene rings is 2. The van der Waals surface area contributed by atoms with Gasteiger partial charge in [0.05, 0.1) is 24.1 Å². The molecule has 0 fully saturated rings. The van der Waals surface area contributed by atoms with Crippen LogP contribution in [0.15, 0.2) is 53.3 Å². The normalized spacial score (nSPS) is 16.3. The molecule has 1 unspecified atom stereocenters. The van der Waals surface area contributed by atoms with E-state index in [1.54, 1.807) is 29.9 Å². The first-order chi connectivity index (χ1) is 10.8. The highest BCUT2D eigenvalue weighted by atomic mass is 16.5. The Morgan fingerprint density at radius 3 is 2.82 bits per heavy atom. The summed E-state index contributed by atoms with van der Waals surface area (Å²) >= 11 is 0. The Balaban J connectivity index is 1.93. The Morgan fingerprint density at radius 1 is 1.23 bits per heavy atom. The lowest BCUT2D eigenvalue weighted by Crippen LogP contribution is -2.24. The van der Waals surface area contributed by atoms with Crippen molar-refractivity contribution in [2.45, 2.75) is 6.04 Å². The zero-order valence-electron chi connectivity index (χ0n) is 12.1. The minimum absolute atomic E-state index is 0.0253. The van der Waals surface area contributed by atoms with Gasteiger partial charge in [-0.2, -0.15) is 0 Å². The van der Waals surface area contributed by atoms with Gasteiger partial charge in [-0.25, -0.2) is 4.98 Å². The molecular weight excluding hydrogens is 278 g/mol. The van der Waals surface area contributed by atoms with Gasteiger partial charge in [0.15, 0.2) is 0 Å². The van der Waals surface area contributed by atoms with Crippen molar-refractivity contribution in [1.29, 1.82) is 0 Å². The number of nitrogens with zero attached hydrogens (tertiary/aromatic N) is 2. The molecule has 1 atom stereocenters. The molecule has 3 aromatic rings. The lowest BCUT2D eigenvalue weighted by Gasteiger charge is -2.13. The maximum Gasteiger partial charge on any atom is 0.263 e. The van der Waals surface area contributed by atoms with Crippen LogP contribution in [0.4, 0.5) is 5.95 Å². The average molecular weight is 293 g/mol. The summed E-state index contributed by atoms with van der Waals surface area (Å²) in [7, 11) is 1.60. The second-order valence-corrected chi connectivity index (χ2v) is 5.30. The fourth-order valence-electron chi connectivity index (χ4n) is 2.94. The van der Waals surface area contributed by atoms with Crippen molar-refractivity contribution in [3.8, 4) is 5.75 Å². The predicted octanol–water partition coefficient (Wildman–Crippen LogP) is 2.42. The topological polar surface area (TPSA) is 56.2 Å². The molecule has 0 spiro atoms. The van der Waals surface area contributed by atoms with Crippen molar-refractivity contribution in [3.05, 3.63) is 64.4 Å². The summed E-state index contributed by atoms with van der Waals surface area (Å²) in [5.41, 5.74) is 1.73. The van der Waals surface area contributed by atoms with Gasteiger partial charge in [-0.05, 0) is 17.7 Å². The Labute approximate surface area is 127 Å². The third-order valence-corrected chi connectivity index (χ3v) is 4.06. The maximum absolute atomic E-state index is 12.8. The summed E-state index contributed by atoms with van der Waals surface area (Å²) in [4.78, 5) is 17.4. The third-order valence-electron chi connectivity index (χ3n) is 4.06. The van der Waals surface area contributed by atoms with Gasteiger partial charge in [0.1, 0.15) is 5.75 Å². The molecule has 0 radical (unpaired) electrons. The molecule has 110 valence electrons. The van der Waals surface area contributed by atoms with Crippen LogP contribution in [0.2, 0.25) is 0 Å². The van der Waals surface area contributed by atoms with Crippen LogP contribution in [0.25, 0.3) is 10.9 Å². The van der Waals surface area contributed by atoms with Gasteiger partial charge in [0.25, 0.3) is 5.56 Å². The highest BCUT2D eigenvalue weighted by Gasteiger charge is 2.26. The van der Waals surface area contributed by atoms with Gasteiger partial charge in [-0.3, -0.25) is 9.36 Å². The van der Waals surface area contributed by atoms with Crippen LogP contribution in [-0.4, -0.2) is 23.2 Å². The summed E-state index contributed by atoms with van der Waals surface area (Å²) in [6, 6.07) is 15.3. The van der Waals surface area contributed by atoms with Crippen LogP contribution in [0, 0.1) is 0 Å². The molecule has 1 N–H and O–H groups in total. The van der Waals surface area contributed by atoms with Gasteiger partial charge < -0.3 is 10.1 Å². The van der Waals surface area contributed by atoms with Crippen LogP contribution in [-0.2, 0) is 0 Å². The monoisotopic (exact) mass is 293 g/mol. The van der Waals surface area contributed by atoms with Crippen molar-refractivity contribution in [2.75, 3.05) is 19.0 Å². The van der Waals surface area contributed by atoms with Crippen molar-refractivity contribution in [3.63, 3.8) is 0 Å². The van der Waals surface area contributed by atoms with E-state index in [9.17, 15) is 4.79 Å². The zero-order valence-corrected chi connectivity index (χ0v) is 12.1. The number of nitrogens with one attached hydrogen (secondary N) is 1. The molecule has 2 heterocycles. The van der Waals surface area contributed by atoms with Crippen LogP contribution < -0.4 is 15.6 Å². The Hall–Kier alpha value is -2.82. The summed E-state index contributed by atoms with van der Waals surface area (Å²) in [5.74, 6) is 1.31. The van der Waals surface area contributed by atoms with Crippen molar-refractivity contribution in [2.24, 2.45) is 0 Å². The predicted molar refractivity (Wildman–Crippen MR) is 85.6 cm³/mol. The smallest absolute Gasteiger partial charge is 0.263 e. The van der Waals surface area contributed by atoms with Crippen molar-refractivity contribution < 1.29 is 4.74 Å². The maximum atomic E-state index is 12.8. The number of anilines is 1. The van der Waals surface area contributed by atoms with Gasteiger partial charge in [-0.15, -0.1) is 0 Å². The van der Waals surface area contributed by atoms with E-state index in [4.69, 9.17) is 4.74 Å². The lowest BCUT2D eigenvalue weighted by molar-refractivity contribution is 0.415. The molecule has 0 amide bonds. The fraction of sp³-hybridized carbons (Fsp3) is 0.176. The quantitative estimate of drug-likeness (QED) is 0.788. The minimum Gasteiger partial charge on any atom is -0.497 e. The van der Waals surface area contributed by atoms with E-state index in [1.165, 1.54) is 0 Å². The molecule has 0 aliphatic carbocycles. The van der Waals surface area contributed by atoms with Crippen molar-refractivity contribution >= 4 is 16.9 Å². The standard InChI is InChI=1S/C17H15N3O2/c1-22-12-7-8-13-14(9-12)19-17-18-10-15(20(17)16(13)21)11-5-3-2-4-6-11/h2-9,15H,10H2,1H3,(H,18,19). The van der Waals surface area contributed by atoms with Gasteiger partial charge in [0, 0.05) is 12.6 Å². The molecule has 1 aliphatic rings. The molecule has 2 aromatic carbocycles. The number of rotatable bonds is 2. The average Bonchev–Trinajstić information content (AvgIpc) is 2.99. The summed E-state index contributed by atoms with van der Waals surface area (Å²) in [6.07, 6.45) is 0. The molecule has 22 heavy (non-hydrogen) atoms. The summed E-state index contributed by atoms with van der Waals surface area (Å²) in [6.45, 7) is 0.666. The zero-order chi connectivity index (χ0) is 15.1. The van der Waals surface area contributed by atoms with E-state index in [1.807, 2.05) is 30.3 Å². The van der Waals surface area contributed by atoms with E-state index in [0.717, 1.165) is 5.56 Å². The fourth-order valence-corrected chi connectivity index (χ4v) is 2.94. The molecule has 1 aliphatic heterocycles. The first-order valence-electron chi connectivity index (χ1n) is 7.17. The number of methoxy groups -OCH3 is 1. The second-order valence-electron chi connectivity index (χ2n) is 5.30. The number of aromatic nitrogens is 2. The van der Waals surface area contributed by atoms with E-state index >= 15 is 0 Å². The molecule has 0 saturated heterocycles. The Morgan fingerprint density at radius 2 is 2.05 bits per heavy atom. The van der Waals surface area contributed by atoms with Gasteiger partial charge in [0.2, 0.25) is 5.95 Å². The highest BCUT2D eigenvalue weighted by Crippen LogP contribution is 2.28. The summed E-state index contributed by atoms with van der Waals surface area (Å²) in [5, 5.41) is 3.84. The minimum atomic E-state index is -0.0264. The molecule has 5 heteroatoms. The molecule has 0 bridgehead atoms. The van der Waals surface area contributed by atoms with Crippen molar-refractivity contribution in [1.82, 2.24) is 9.55 Å². The van der Waals surface area contributed by atoms with E-state index in [-0.39, 0.29) is 11.6 Å². The Kier molecular flexibility index (Phi) is 2.85. The SMILES string of the molecule is COc1ccc2c(=O)n3c(nc2c1)NCC3c1ccccc1. The number of fused-ring (bicyclic) bond motifs is 2.